The van der Waals surface area contributed by atoms with Crippen LogP contribution in [0.1, 0.15) is 36.8 Å². The number of nitrogens with one attached hydrogen (secondary N) is 1. The summed E-state index contributed by atoms with van der Waals surface area (Å²) < 4.78 is 0. The number of fused-ring (bicyclic) bond motifs is 2. The van der Waals surface area contributed by atoms with Gasteiger partial charge in [0.25, 0.3) is 0 Å². The van der Waals surface area contributed by atoms with Gasteiger partial charge in [-0.1, -0.05) is 60.7 Å². The molecule has 3 fully saturated rings. The van der Waals surface area contributed by atoms with Crippen molar-refractivity contribution in [3.05, 3.63) is 71.8 Å². The molecule has 3 aliphatic heterocycles. The van der Waals surface area contributed by atoms with E-state index < -0.39 is 0 Å². The number of benzene rings is 2. The fourth-order valence-corrected chi connectivity index (χ4v) is 6.05. The van der Waals surface area contributed by atoms with Crippen molar-refractivity contribution in [2.75, 3.05) is 39.3 Å². The molecule has 3 saturated heterocycles. The monoisotopic (exact) mass is 418 g/mol. The summed E-state index contributed by atoms with van der Waals surface area (Å²) in [5, 5.41) is 3.48. The van der Waals surface area contributed by atoms with Crippen LogP contribution in [-0.2, 0) is 13.1 Å². The van der Waals surface area contributed by atoms with E-state index in [1.54, 1.807) is 0 Å². The molecule has 2 aromatic carbocycles. The van der Waals surface area contributed by atoms with E-state index in [4.69, 9.17) is 0 Å². The quantitative estimate of drug-likeness (QED) is 0.707. The standard InChI is InChI=1S/C27H38N4/c1-3-7-23(8-4-1)21-30(22-24-9-5-2-6-10-24)27-19-25-11-12-26(20-27)31(25)18-17-29-15-13-28-14-16-29/h1-10,25-28H,11-22H2. The van der Waals surface area contributed by atoms with E-state index in [0.29, 0.717) is 6.04 Å². The van der Waals surface area contributed by atoms with Crippen molar-refractivity contribution >= 4 is 0 Å². The lowest BCUT2D eigenvalue weighted by Crippen LogP contribution is -2.53. The molecule has 31 heavy (non-hydrogen) atoms. The maximum atomic E-state index is 3.48. The molecular weight excluding hydrogens is 380 g/mol. The third-order valence-electron chi connectivity index (χ3n) is 7.72. The predicted molar refractivity (Wildman–Crippen MR) is 128 cm³/mol. The summed E-state index contributed by atoms with van der Waals surface area (Å²) in [4.78, 5) is 8.30. The van der Waals surface area contributed by atoms with Gasteiger partial charge in [0.05, 0.1) is 0 Å². The largest absolute Gasteiger partial charge is 0.314 e. The molecule has 1 N–H and O–H groups in total. The SMILES string of the molecule is c1ccc(CN(Cc2ccccc2)C2CC3CCC(C2)N3CCN2CCNCC2)cc1. The zero-order chi connectivity index (χ0) is 20.9. The molecule has 2 aromatic rings. The summed E-state index contributed by atoms with van der Waals surface area (Å²) in [6.07, 6.45) is 5.45. The van der Waals surface area contributed by atoms with Gasteiger partial charge in [-0.25, -0.2) is 0 Å². The van der Waals surface area contributed by atoms with Crippen LogP contribution in [-0.4, -0.2) is 72.1 Å². The highest BCUT2D eigenvalue weighted by Crippen LogP contribution is 2.38. The lowest BCUT2D eigenvalue weighted by Gasteiger charge is -2.44. The molecule has 0 aromatic heterocycles. The summed E-state index contributed by atoms with van der Waals surface area (Å²) in [6.45, 7) is 9.37. The molecule has 2 bridgehead atoms. The van der Waals surface area contributed by atoms with Gasteiger partial charge in [0.1, 0.15) is 0 Å². The van der Waals surface area contributed by atoms with Crippen molar-refractivity contribution < 1.29 is 0 Å². The smallest absolute Gasteiger partial charge is 0.0240 e. The van der Waals surface area contributed by atoms with Crippen LogP contribution in [0.5, 0.6) is 0 Å². The Hall–Kier alpha value is -1.72. The van der Waals surface area contributed by atoms with Gasteiger partial charge in [-0.05, 0) is 36.8 Å². The number of hydrogen-bond donors (Lipinski definition) is 1. The van der Waals surface area contributed by atoms with E-state index in [2.05, 4.69) is 80.7 Å². The number of nitrogens with zero attached hydrogens (tertiary/aromatic N) is 3. The van der Waals surface area contributed by atoms with Gasteiger partial charge in [0.2, 0.25) is 0 Å². The van der Waals surface area contributed by atoms with Gasteiger partial charge in [0.15, 0.2) is 0 Å². The Morgan fingerprint density at radius 1 is 0.742 bits per heavy atom. The lowest BCUT2D eigenvalue weighted by molar-refractivity contribution is 0.0435. The van der Waals surface area contributed by atoms with Crippen molar-refractivity contribution in [1.82, 2.24) is 20.0 Å². The summed E-state index contributed by atoms with van der Waals surface area (Å²) in [5.41, 5.74) is 2.87. The van der Waals surface area contributed by atoms with Gasteiger partial charge < -0.3 is 5.32 Å². The first-order chi connectivity index (χ1) is 15.3. The Bertz CT molecular complexity index is 734. The highest BCUT2D eigenvalue weighted by atomic mass is 15.3. The van der Waals surface area contributed by atoms with E-state index in [1.165, 1.54) is 63.0 Å². The molecule has 0 spiro atoms. The summed E-state index contributed by atoms with van der Waals surface area (Å²) in [5.74, 6) is 0. The van der Waals surface area contributed by atoms with Crippen LogP contribution < -0.4 is 5.32 Å². The molecule has 2 unspecified atom stereocenters. The van der Waals surface area contributed by atoms with Crippen molar-refractivity contribution in [1.29, 1.82) is 0 Å². The Morgan fingerprint density at radius 2 is 1.29 bits per heavy atom. The number of piperazine rings is 1. The second-order valence-corrected chi connectivity index (χ2v) is 9.72. The topological polar surface area (TPSA) is 21.8 Å². The van der Waals surface area contributed by atoms with E-state index in [9.17, 15) is 0 Å². The average Bonchev–Trinajstić information content (AvgIpc) is 3.06. The first-order valence-electron chi connectivity index (χ1n) is 12.4. The van der Waals surface area contributed by atoms with Crippen LogP contribution in [0.15, 0.2) is 60.7 Å². The number of rotatable bonds is 8. The first-order valence-corrected chi connectivity index (χ1v) is 12.4. The minimum atomic E-state index is 0.688. The molecule has 0 radical (unpaired) electrons. The molecule has 2 atom stereocenters. The second kappa shape index (κ2) is 10.3. The molecule has 0 aliphatic carbocycles. The van der Waals surface area contributed by atoms with Crippen molar-refractivity contribution in [2.24, 2.45) is 0 Å². The van der Waals surface area contributed by atoms with Crippen LogP contribution >= 0.6 is 0 Å². The maximum Gasteiger partial charge on any atom is 0.0240 e. The maximum absolute atomic E-state index is 3.48. The summed E-state index contributed by atoms with van der Waals surface area (Å²) in [6, 6.07) is 24.4. The van der Waals surface area contributed by atoms with Crippen LogP contribution in [0, 0.1) is 0 Å². The zero-order valence-corrected chi connectivity index (χ0v) is 18.8. The van der Waals surface area contributed by atoms with Crippen molar-refractivity contribution in [3.63, 3.8) is 0 Å². The molecule has 4 heteroatoms. The lowest BCUT2D eigenvalue weighted by atomic mass is 9.94. The molecule has 166 valence electrons. The van der Waals surface area contributed by atoms with E-state index >= 15 is 0 Å². The second-order valence-electron chi connectivity index (χ2n) is 9.72. The Labute approximate surface area is 188 Å². The molecule has 5 rings (SSSR count). The summed E-state index contributed by atoms with van der Waals surface area (Å²) in [7, 11) is 0. The van der Waals surface area contributed by atoms with Gasteiger partial charge >= 0.3 is 0 Å². The molecule has 3 heterocycles. The van der Waals surface area contributed by atoms with Crippen LogP contribution in [0.3, 0.4) is 0 Å². The Kier molecular flexibility index (Phi) is 7.00. The average molecular weight is 419 g/mol. The zero-order valence-electron chi connectivity index (χ0n) is 18.8. The number of hydrogen-bond acceptors (Lipinski definition) is 4. The van der Waals surface area contributed by atoms with E-state index in [-0.39, 0.29) is 0 Å². The highest BCUT2D eigenvalue weighted by molar-refractivity contribution is 5.18. The van der Waals surface area contributed by atoms with Gasteiger partial charge in [-0.15, -0.1) is 0 Å². The fourth-order valence-electron chi connectivity index (χ4n) is 6.05. The third kappa shape index (κ3) is 5.38. The predicted octanol–water partition coefficient (Wildman–Crippen LogP) is 3.59. The third-order valence-corrected chi connectivity index (χ3v) is 7.72. The van der Waals surface area contributed by atoms with Crippen LogP contribution in [0.25, 0.3) is 0 Å². The summed E-state index contributed by atoms with van der Waals surface area (Å²) >= 11 is 0. The Balaban J connectivity index is 1.24. The van der Waals surface area contributed by atoms with Crippen molar-refractivity contribution in [2.45, 2.75) is 56.9 Å². The molecular formula is C27H38N4. The van der Waals surface area contributed by atoms with Gasteiger partial charge in [-0.2, -0.15) is 0 Å². The van der Waals surface area contributed by atoms with E-state index in [1.807, 2.05) is 0 Å². The number of piperidine rings is 1. The minimum absolute atomic E-state index is 0.688. The van der Waals surface area contributed by atoms with Gasteiger partial charge in [-0.3, -0.25) is 14.7 Å². The Morgan fingerprint density at radius 3 is 1.84 bits per heavy atom. The van der Waals surface area contributed by atoms with Crippen LogP contribution in [0.2, 0.25) is 0 Å². The fraction of sp³-hybridized carbons (Fsp3) is 0.556. The molecule has 0 saturated carbocycles. The van der Waals surface area contributed by atoms with Gasteiger partial charge in [0, 0.05) is 70.5 Å². The molecule has 4 nitrogen and oxygen atoms in total. The normalized spacial score (nSPS) is 27.1. The van der Waals surface area contributed by atoms with Crippen molar-refractivity contribution in [3.8, 4) is 0 Å². The highest BCUT2D eigenvalue weighted by Gasteiger charge is 2.42. The van der Waals surface area contributed by atoms with Crippen LogP contribution in [0.4, 0.5) is 0 Å². The molecule has 0 amide bonds. The minimum Gasteiger partial charge on any atom is -0.314 e. The molecule has 3 aliphatic rings. The first kappa shape index (κ1) is 21.1. The van der Waals surface area contributed by atoms with E-state index in [0.717, 1.165) is 38.3 Å².